The average Bonchev–Trinajstić information content (AvgIpc) is 2.60. The standard InChI is InChI=1S/C17H14F4N2O3/c18-12-3-1-2-4-13(12)23-16(26)15(25)22-9-14(24)10-5-7-11(8-6-10)17(19,20)21/h1-8,14,24H,9H2,(H,22,25)(H,23,26). The second-order valence-electron chi connectivity index (χ2n) is 5.28. The van der Waals surface area contributed by atoms with Gasteiger partial charge in [-0.3, -0.25) is 9.59 Å². The predicted molar refractivity (Wildman–Crippen MR) is 84.4 cm³/mol. The Kier molecular flexibility index (Phi) is 5.93. The summed E-state index contributed by atoms with van der Waals surface area (Å²) in [4.78, 5) is 23.3. The molecule has 138 valence electrons. The molecule has 0 aromatic heterocycles. The van der Waals surface area contributed by atoms with Gasteiger partial charge in [-0.25, -0.2) is 4.39 Å². The van der Waals surface area contributed by atoms with Gasteiger partial charge in [0.25, 0.3) is 0 Å². The number of para-hydroxylation sites is 1. The lowest BCUT2D eigenvalue weighted by Gasteiger charge is -2.13. The van der Waals surface area contributed by atoms with Crippen molar-refractivity contribution in [3.8, 4) is 0 Å². The Morgan fingerprint density at radius 3 is 2.19 bits per heavy atom. The third-order valence-electron chi connectivity index (χ3n) is 3.41. The molecule has 0 spiro atoms. The van der Waals surface area contributed by atoms with Crippen LogP contribution in [0, 0.1) is 5.82 Å². The molecule has 0 aliphatic heterocycles. The molecule has 0 heterocycles. The van der Waals surface area contributed by atoms with Crippen molar-refractivity contribution in [2.75, 3.05) is 11.9 Å². The van der Waals surface area contributed by atoms with E-state index in [1.165, 1.54) is 18.2 Å². The second kappa shape index (κ2) is 7.96. The van der Waals surface area contributed by atoms with Gasteiger partial charge in [0.15, 0.2) is 0 Å². The molecule has 0 aliphatic rings. The van der Waals surface area contributed by atoms with Crippen molar-refractivity contribution in [2.24, 2.45) is 0 Å². The zero-order chi connectivity index (χ0) is 19.3. The molecule has 0 fully saturated rings. The minimum Gasteiger partial charge on any atom is -0.387 e. The molecule has 0 aliphatic carbocycles. The fourth-order valence-corrected chi connectivity index (χ4v) is 2.02. The van der Waals surface area contributed by atoms with Gasteiger partial charge in [0.1, 0.15) is 5.82 Å². The second-order valence-corrected chi connectivity index (χ2v) is 5.28. The summed E-state index contributed by atoms with van der Waals surface area (Å²) < 4.78 is 50.8. The van der Waals surface area contributed by atoms with Crippen LogP contribution in [0.2, 0.25) is 0 Å². The van der Waals surface area contributed by atoms with Crippen molar-refractivity contribution in [2.45, 2.75) is 12.3 Å². The number of rotatable bonds is 4. The molecule has 26 heavy (non-hydrogen) atoms. The Morgan fingerprint density at radius 1 is 1.00 bits per heavy atom. The molecular weight excluding hydrogens is 356 g/mol. The first kappa shape index (κ1) is 19.4. The topological polar surface area (TPSA) is 78.4 Å². The van der Waals surface area contributed by atoms with E-state index < -0.39 is 42.0 Å². The van der Waals surface area contributed by atoms with Gasteiger partial charge in [-0.2, -0.15) is 13.2 Å². The number of anilines is 1. The first-order valence-electron chi connectivity index (χ1n) is 7.37. The van der Waals surface area contributed by atoms with Crippen molar-refractivity contribution in [3.05, 3.63) is 65.5 Å². The van der Waals surface area contributed by atoms with E-state index in [1.807, 2.05) is 0 Å². The van der Waals surface area contributed by atoms with Gasteiger partial charge in [0, 0.05) is 6.54 Å². The van der Waals surface area contributed by atoms with Crippen molar-refractivity contribution in [1.29, 1.82) is 0 Å². The average molecular weight is 370 g/mol. The molecule has 0 bridgehead atoms. The lowest BCUT2D eigenvalue weighted by atomic mass is 10.1. The van der Waals surface area contributed by atoms with E-state index in [4.69, 9.17) is 0 Å². The molecule has 9 heteroatoms. The highest BCUT2D eigenvalue weighted by Crippen LogP contribution is 2.29. The molecule has 5 nitrogen and oxygen atoms in total. The maximum atomic E-state index is 13.4. The summed E-state index contributed by atoms with van der Waals surface area (Å²) in [6.45, 7) is -0.408. The van der Waals surface area contributed by atoms with Crippen LogP contribution in [0.15, 0.2) is 48.5 Å². The molecule has 2 aromatic carbocycles. The Hall–Kier alpha value is -2.94. The van der Waals surface area contributed by atoms with Gasteiger partial charge in [-0.1, -0.05) is 24.3 Å². The number of amides is 2. The van der Waals surface area contributed by atoms with Crippen molar-refractivity contribution < 1.29 is 32.3 Å². The zero-order valence-corrected chi connectivity index (χ0v) is 13.2. The Balaban J connectivity index is 1.90. The van der Waals surface area contributed by atoms with Gasteiger partial charge >= 0.3 is 18.0 Å². The maximum absolute atomic E-state index is 13.4. The number of carbonyl (C=O) groups is 2. The van der Waals surface area contributed by atoms with E-state index >= 15 is 0 Å². The Morgan fingerprint density at radius 2 is 1.62 bits per heavy atom. The molecule has 0 radical (unpaired) electrons. The Bertz CT molecular complexity index is 791. The fraction of sp³-hybridized carbons (Fsp3) is 0.176. The van der Waals surface area contributed by atoms with Crippen molar-refractivity contribution >= 4 is 17.5 Å². The third kappa shape index (κ3) is 5.03. The van der Waals surface area contributed by atoms with Gasteiger partial charge in [0.2, 0.25) is 0 Å². The molecule has 2 rings (SSSR count). The highest BCUT2D eigenvalue weighted by Gasteiger charge is 2.30. The monoisotopic (exact) mass is 370 g/mol. The van der Waals surface area contributed by atoms with Crippen LogP contribution in [0.5, 0.6) is 0 Å². The molecule has 3 N–H and O–H groups in total. The molecule has 0 saturated carbocycles. The van der Waals surface area contributed by atoms with Gasteiger partial charge in [0.05, 0.1) is 17.4 Å². The lowest BCUT2D eigenvalue weighted by Crippen LogP contribution is -2.37. The first-order chi connectivity index (χ1) is 12.2. The number of benzene rings is 2. The van der Waals surface area contributed by atoms with Crippen LogP contribution in [0.25, 0.3) is 0 Å². The number of hydrogen-bond donors (Lipinski definition) is 3. The number of alkyl halides is 3. The maximum Gasteiger partial charge on any atom is 0.416 e. The minimum absolute atomic E-state index is 0.132. The number of hydrogen-bond acceptors (Lipinski definition) is 3. The summed E-state index contributed by atoms with van der Waals surface area (Å²) >= 11 is 0. The summed E-state index contributed by atoms with van der Waals surface area (Å²) in [6.07, 6.45) is -5.81. The summed E-state index contributed by atoms with van der Waals surface area (Å²) in [5.74, 6) is -2.99. The summed E-state index contributed by atoms with van der Waals surface area (Å²) in [7, 11) is 0. The number of carbonyl (C=O) groups excluding carboxylic acids is 2. The zero-order valence-electron chi connectivity index (χ0n) is 13.2. The third-order valence-corrected chi connectivity index (χ3v) is 3.41. The van der Waals surface area contributed by atoms with Crippen LogP contribution < -0.4 is 10.6 Å². The van der Waals surface area contributed by atoms with E-state index in [-0.39, 0.29) is 11.3 Å². The highest BCUT2D eigenvalue weighted by atomic mass is 19.4. The van der Waals surface area contributed by atoms with E-state index in [9.17, 15) is 32.3 Å². The summed E-state index contributed by atoms with van der Waals surface area (Å²) in [6, 6.07) is 8.96. The molecular formula is C17H14F4N2O3. The number of halogens is 4. The van der Waals surface area contributed by atoms with E-state index in [0.717, 1.165) is 30.3 Å². The van der Waals surface area contributed by atoms with E-state index in [2.05, 4.69) is 10.6 Å². The largest absolute Gasteiger partial charge is 0.416 e. The van der Waals surface area contributed by atoms with Gasteiger partial charge < -0.3 is 15.7 Å². The van der Waals surface area contributed by atoms with Gasteiger partial charge in [-0.05, 0) is 29.8 Å². The van der Waals surface area contributed by atoms with Crippen LogP contribution in [-0.2, 0) is 15.8 Å². The van der Waals surface area contributed by atoms with Gasteiger partial charge in [-0.15, -0.1) is 0 Å². The number of aliphatic hydroxyl groups is 1. The van der Waals surface area contributed by atoms with E-state index in [1.54, 1.807) is 0 Å². The normalized spacial score (nSPS) is 12.3. The lowest BCUT2D eigenvalue weighted by molar-refractivity contribution is -0.137. The highest BCUT2D eigenvalue weighted by molar-refractivity contribution is 6.39. The van der Waals surface area contributed by atoms with Crippen molar-refractivity contribution in [1.82, 2.24) is 5.32 Å². The summed E-state index contributed by atoms with van der Waals surface area (Å²) in [5.41, 5.74) is -0.925. The van der Waals surface area contributed by atoms with Crippen LogP contribution in [-0.4, -0.2) is 23.5 Å². The number of aliphatic hydroxyl groups excluding tert-OH is 1. The summed E-state index contributed by atoms with van der Waals surface area (Å²) in [5, 5.41) is 14.1. The number of nitrogens with one attached hydrogen (secondary N) is 2. The minimum atomic E-state index is -4.50. The predicted octanol–water partition coefficient (Wildman–Crippen LogP) is 2.63. The van der Waals surface area contributed by atoms with Crippen LogP contribution >= 0.6 is 0 Å². The van der Waals surface area contributed by atoms with Crippen molar-refractivity contribution in [3.63, 3.8) is 0 Å². The molecule has 2 aromatic rings. The molecule has 1 atom stereocenters. The van der Waals surface area contributed by atoms with Crippen LogP contribution in [0.4, 0.5) is 23.2 Å². The molecule has 0 saturated heterocycles. The van der Waals surface area contributed by atoms with E-state index in [0.29, 0.717) is 0 Å². The Labute approximate surface area is 145 Å². The smallest absolute Gasteiger partial charge is 0.387 e. The SMILES string of the molecule is O=C(NCC(O)c1ccc(C(F)(F)F)cc1)C(=O)Nc1ccccc1F. The van der Waals surface area contributed by atoms with Crippen LogP contribution in [0.3, 0.4) is 0 Å². The first-order valence-corrected chi connectivity index (χ1v) is 7.37. The fourth-order valence-electron chi connectivity index (χ4n) is 2.02. The quantitative estimate of drug-likeness (QED) is 0.572. The van der Waals surface area contributed by atoms with Crippen LogP contribution in [0.1, 0.15) is 17.2 Å². The molecule has 1 unspecified atom stereocenters. The molecule has 2 amide bonds.